The molecule has 1 aromatic carbocycles. The van der Waals surface area contributed by atoms with Crippen molar-refractivity contribution < 1.29 is 0 Å². The molecule has 1 aromatic heterocycles. The van der Waals surface area contributed by atoms with E-state index in [4.69, 9.17) is 5.84 Å². The Kier molecular flexibility index (Phi) is 5.13. The summed E-state index contributed by atoms with van der Waals surface area (Å²) < 4.78 is 3.12. The molecule has 0 aliphatic carbocycles. The second-order valence-electron chi connectivity index (χ2n) is 4.49. The van der Waals surface area contributed by atoms with Crippen LogP contribution >= 0.6 is 15.9 Å². The smallest absolute Gasteiger partial charge is 0.0669 e. The Hall–Kier alpha value is -1.17. The van der Waals surface area contributed by atoms with Gasteiger partial charge in [0.05, 0.1) is 11.7 Å². The second kappa shape index (κ2) is 6.84. The predicted molar refractivity (Wildman–Crippen MR) is 80.4 cm³/mol. The first kappa shape index (κ1) is 14.2. The zero-order valence-electron chi connectivity index (χ0n) is 11.0. The normalized spacial score (nSPS) is 12.6. The van der Waals surface area contributed by atoms with Crippen LogP contribution in [0.1, 0.15) is 30.6 Å². The SMILES string of the molecule is CCCn1nccc1C(Cc1ccccc1Br)NN. The van der Waals surface area contributed by atoms with Crippen molar-refractivity contribution in [2.24, 2.45) is 5.84 Å². The Labute approximate surface area is 122 Å². The van der Waals surface area contributed by atoms with Crippen LogP contribution in [0.25, 0.3) is 0 Å². The predicted octanol–water partition coefficient (Wildman–Crippen LogP) is 2.80. The summed E-state index contributed by atoms with van der Waals surface area (Å²) in [6, 6.07) is 10.3. The number of nitrogens with one attached hydrogen (secondary N) is 1. The highest BCUT2D eigenvalue weighted by Crippen LogP contribution is 2.23. The van der Waals surface area contributed by atoms with E-state index in [-0.39, 0.29) is 6.04 Å². The Morgan fingerprint density at radius 1 is 1.37 bits per heavy atom. The van der Waals surface area contributed by atoms with E-state index in [2.05, 4.69) is 39.4 Å². The first-order valence-electron chi connectivity index (χ1n) is 6.47. The van der Waals surface area contributed by atoms with E-state index < -0.39 is 0 Å². The molecule has 2 rings (SSSR count). The van der Waals surface area contributed by atoms with E-state index in [1.165, 1.54) is 5.56 Å². The maximum Gasteiger partial charge on any atom is 0.0669 e. The monoisotopic (exact) mass is 322 g/mol. The summed E-state index contributed by atoms with van der Waals surface area (Å²) in [5.41, 5.74) is 5.25. The molecule has 0 aliphatic heterocycles. The number of hydrogen-bond acceptors (Lipinski definition) is 3. The maximum atomic E-state index is 5.72. The van der Waals surface area contributed by atoms with Gasteiger partial charge in [-0.3, -0.25) is 16.0 Å². The average molecular weight is 323 g/mol. The van der Waals surface area contributed by atoms with Gasteiger partial charge in [0.15, 0.2) is 0 Å². The van der Waals surface area contributed by atoms with Crippen molar-refractivity contribution in [2.45, 2.75) is 32.4 Å². The van der Waals surface area contributed by atoms with Gasteiger partial charge in [0, 0.05) is 17.2 Å². The summed E-state index contributed by atoms with van der Waals surface area (Å²) in [7, 11) is 0. The number of hydrogen-bond donors (Lipinski definition) is 2. The molecule has 0 amide bonds. The second-order valence-corrected chi connectivity index (χ2v) is 5.35. The first-order valence-corrected chi connectivity index (χ1v) is 7.26. The molecule has 0 bridgehead atoms. The number of nitrogens with zero attached hydrogens (tertiary/aromatic N) is 2. The Morgan fingerprint density at radius 2 is 2.16 bits per heavy atom. The minimum Gasteiger partial charge on any atom is -0.271 e. The fourth-order valence-corrected chi connectivity index (χ4v) is 2.62. The van der Waals surface area contributed by atoms with Gasteiger partial charge in [0.25, 0.3) is 0 Å². The lowest BCUT2D eigenvalue weighted by Gasteiger charge is -2.18. The number of halogens is 1. The summed E-state index contributed by atoms with van der Waals surface area (Å²) in [6.07, 6.45) is 3.71. The summed E-state index contributed by atoms with van der Waals surface area (Å²) >= 11 is 3.58. The van der Waals surface area contributed by atoms with Crippen molar-refractivity contribution in [1.29, 1.82) is 0 Å². The summed E-state index contributed by atoms with van der Waals surface area (Å²) in [5.74, 6) is 5.72. The molecule has 102 valence electrons. The van der Waals surface area contributed by atoms with Crippen LogP contribution in [0.4, 0.5) is 0 Å². The molecule has 4 nitrogen and oxygen atoms in total. The summed E-state index contributed by atoms with van der Waals surface area (Å²) in [5, 5.41) is 4.35. The van der Waals surface area contributed by atoms with E-state index >= 15 is 0 Å². The van der Waals surface area contributed by atoms with Gasteiger partial charge in [0.1, 0.15) is 0 Å². The number of hydrazine groups is 1. The van der Waals surface area contributed by atoms with Crippen molar-refractivity contribution in [3.05, 3.63) is 52.3 Å². The third-order valence-electron chi connectivity index (χ3n) is 3.12. The summed E-state index contributed by atoms with van der Waals surface area (Å²) in [6.45, 7) is 3.06. The van der Waals surface area contributed by atoms with Crippen molar-refractivity contribution in [3.8, 4) is 0 Å². The molecule has 0 aliphatic rings. The van der Waals surface area contributed by atoms with Crippen LogP contribution in [0, 0.1) is 0 Å². The molecule has 0 fully saturated rings. The fraction of sp³-hybridized carbons (Fsp3) is 0.357. The minimum atomic E-state index is 0.0627. The van der Waals surface area contributed by atoms with E-state index in [0.29, 0.717) is 0 Å². The van der Waals surface area contributed by atoms with E-state index in [1.807, 2.05) is 35.1 Å². The first-order chi connectivity index (χ1) is 9.26. The average Bonchev–Trinajstić information content (AvgIpc) is 2.86. The van der Waals surface area contributed by atoms with Gasteiger partial charge in [-0.1, -0.05) is 41.1 Å². The Balaban J connectivity index is 2.20. The van der Waals surface area contributed by atoms with E-state index in [1.54, 1.807) is 0 Å². The maximum absolute atomic E-state index is 5.72. The molecule has 0 radical (unpaired) electrons. The highest BCUT2D eigenvalue weighted by Gasteiger charge is 2.16. The molecule has 1 heterocycles. The van der Waals surface area contributed by atoms with Crippen LogP contribution in [0.5, 0.6) is 0 Å². The summed E-state index contributed by atoms with van der Waals surface area (Å²) in [4.78, 5) is 0. The molecular weight excluding hydrogens is 304 g/mol. The molecule has 0 saturated heterocycles. The van der Waals surface area contributed by atoms with Crippen molar-refractivity contribution in [1.82, 2.24) is 15.2 Å². The van der Waals surface area contributed by atoms with Crippen LogP contribution < -0.4 is 11.3 Å². The molecule has 0 spiro atoms. The van der Waals surface area contributed by atoms with Crippen molar-refractivity contribution in [2.75, 3.05) is 0 Å². The highest BCUT2D eigenvalue weighted by molar-refractivity contribution is 9.10. The molecular formula is C14H19BrN4. The minimum absolute atomic E-state index is 0.0627. The van der Waals surface area contributed by atoms with Gasteiger partial charge in [-0.05, 0) is 30.5 Å². The van der Waals surface area contributed by atoms with Crippen LogP contribution in [0.2, 0.25) is 0 Å². The largest absolute Gasteiger partial charge is 0.271 e. The molecule has 5 heteroatoms. The lowest BCUT2D eigenvalue weighted by molar-refractivity contribution is 0.477. The number of nitrogens with two attached hydrogens (primary N) is 1. The third kappa shape index (κ3) is 3.43. The third-order valence-corrected chi connectivity index (χ3v) is 3.90. The number of rotatable bonds is 6. The van der Waals surface area contributed by atoms with Gasteiger partial charge in [0.2, 0.25) is 0 Å². The molecule has 3 N–H and O–H groups in total. The quantitative estimate of drug-likeness (QED) is 0.635. The van der Waals surface area contributed by atoms with Crippen LogP contribution in [0.3, 0.4) is 0 Å². The van der Waals surface area contributed by atoms with Crippen LogP contribution in [-0.2, 0) is 13.0 Å². The molecule has 2 aromatic rings. The van der Waals surface area contributed by atoms with Gasteiger partial charge >= 0.3 is 0 Å². The molecule has 0 saturated carbocycles. The van der Waals surface area contributed by atoms with Gasteiger partial charge in [-0.25, -0.2) is 0 Å². The fourth-order valence-electron chi connectivity index (χ4n) is 2.17. The molecule has 1 atom stereocenters. The standard InChI is InChI=1S/C14H19BrN4/c1-2-9-19-14(7-8-17-19)13(18-16)10-11-5-3-4-6-12(11)15/h3-8,13,18H,2,9-10,16H2,1H3. The Morgan fingerprint density at radius 3 is 2.84 bits per heavy atom. The highest BCUT2D eigenvalue weighted by atomic mass is 79.9. The van der Waals surface area contributed by atoms with Crippen molar-refractivity contribution >= 4 is 15.9 Å². The topological polar surface area (TPSA) is 55.9 Å². The zero-order valence-corrected chi connectivity index (χ0v) is 12.6. The van der Waals surface area contributed by atoms with Gasteiger partial charge < -0.3 is 0 Å². The lowest BCUT2D eigenvalue weighted by atomic mass is 10.0. The molecule has 1 unspecified atom stereocenters. The zero-order chi connectivity index (χ0) is 13.7. The van der Waals surface area contributed by atoms with Crippen molar-refractivity contribution in [3.63, 3.8) is 0 Å². The number of aromatic nitrogens is 2. The van der Waals surface area contributed by atoms with Crippen LogP contribution in [-0.4, -0.2) is 9.78 Å². The van der Waals surface area contributed by atoms with Gasteiger partial charge in [-0.15, -0.1) is 0 Å². The van der Waals surface area contributed by atoms with Gasteiger partial charge in [-0.2, -0.15) is 5.10 Å². The van der Waals surface area contributed by atoms with E-state index in [0.717, 1.165) is 29.6 Å². The molecule has 19 heavy (non-hydrogen) atoms. The lowest BCUT2D eigenvalue weighted by Crippen LogP contribution is -2.31. The van der Waals surface area contributed by atoms with Crippen LogP contribution in [0.15, 0.2) is 41.0 Å². The Bertz CT molecular complexity index is 524. The number of aryl methyl sites for hydroxylation is 1. The van der Waals surface area contributed by atoms with E-state index in [9.17, 15) is 0 Å². The number of benzene rings is 1.